The van der Waals surface area contributed by atoms with Crippen molar-refractivity contribution in [1.29, 1.82) is 0 Å². The minimum absolute atomic E-state index is 0. The van der Waals surface area contributed by atoms with Gasteiger partial charge >= 0.3 is 45.5 Å². The zero-order valence-electron chi connectivity index (χ0n) is 23.8. The molecule has 0 amide bonds. The Kier molecular flexibility index (Phi) is 11.1. The molecule has 0 atom stereocenters. The van der Waals surface area contributed by atoms with Crippen molar-refractivity contribution in [3.05, 3.63) is 24.3 Å². The molecule has 31 heavy (non-hydrogen) atoms. The first-order valence-electron chi connectivity index (χ1n) is 10.6. The van der Waals surface area contributed by atoms with Gasteiger partial charge in [-0.3, -0.25) is 20.0 Å². The summed E-state index contributed by atoms with van der Waals surface area (Å²) in [5, 5.41) is 6.39. The van der Waals surface area contributed by atoms with Gasteiger partial charge in [0.2, 0.25) is 0 Å². The average molecular weight is 504 g/mol. The van der Waals surface area contributed by atoms with Gasteiger partial charge in [-0.2, -0.15) is 0 Å². The summed E-state index contributed by atoms with van der Waals surface area (Å²) in [6.45, 7) is 24.9. The minimum atomic E-state index is -0.0517. The third-order valence-corrected chi connectivity index (χ3v) is 3.13. The van der Waals surface area contributed by atoms with E-state index in [2.05, 4.69) is 114 Å². The molecule has 2 aliphatic rings. The van der Waals surface area contributed by atoms with Gasteiger partial charge in [-0.05, 0) is 107 Å². The maximum atomic E-state index is 4.53. The van der Waals surface area contributed by atoms with Crippen LogP contribution in [0.25, 0.3) is 0 Å². The number of hydrogen-bond acceptors (Lipinski definition) is 4. The predicted molar refractivity (Wildman–Crippen MR) is 141 cm³/mol. The third kappa shape index (κ3) is 15.6. The van der Waals surface area contributed by atoms with Gasteiger partial charge < -0.3 is 13.5 Å². The smallest absolute Gasteiger partial charge is 1.00 e. The summed E-state index contributed by atoms with van der Waals surface area (Å²) in [5.74, 6) is 3.58. The standard InChI is InChI=1S/2C12H21N3.Sr.2H/c2*1-11(2,3)14-9-7-8-10(13-9)15-12(4,5)6;;;/h2*7-8H,1-6H3,(H,13,14,15);;;/q;;+2;2*-1. The molecule has 7 heteroatoms. The molecule has 0 bridgehead atoms. The molecule has 0 aliphatic carbocycles. The van der Waals surface area contributed by atoms with E-state index in [1.54, 1.807) is 0 Å². The molecule has 2 heterocycles. The maximum Gasteiger partial charge on any atom is 2.00 e. The van der Waals surface area contributed by atoms with Crippen LogP contribution in [0, 0.1) is 0 Å². The van der Waals surface area contributed by atoms with Crippen LogP contribution in [-0.4, -0.2) is 91.0 Å². The summed E-state index contributed by atoms with van der Waals surface area (Å²) in [6, 6.07) is 0. The van der Waals surface area contributed by atoms with Gasteiger partial charge in [-0.25, -0.2) is 0 Å². The molecule has 0 spiro atoms. The summed E-state index contributed by atoms with van der Waals surface area (Å²) in [5.41, 5.74) is -0.207. The Labute approximate surface area is 230 Å². The first-order chi connectivity index (χ1) is 13.3. The van der Waals surface area contributed by atoms with E-state index >= 15 is 0 Å². The maximum absolute atomic E-state index is 4.53. The quantitative estimate of drug-likeness (QED) is 0.460. The van der Waals surface area contributed by atoms with E-state index in [0.29, 0.717) is 0 Å². The van der Waals surface area contributed by atoms with Crippen molar-refractivity contribution in [1.82, 2.24) is 10.6 Å². The molecular weight excluding hydrogens is 460 g/mol. The Hall–Kier alpha value is -0.759. The SMILES string of the molecule is CC(C)(C)N=C1C=CC(=NC(C)(C)C)N1.CC(C)(C)N=C1C=CC(=NC(C)(C)C)N1.[H-].[H-].[Sr+2]. The number of amidine groups is 4. The van der Waals surface area contributed by atoms with Gasteiger partial charge in [0.15, 0.2) is 0 Å². The van der Waals surface area contributed by atoms with E-state index in [-0.39, 0.29) is 70.5 Å². The van der Waals surface area contributed by atoms with Crippen LogP contribution in [0.4, 0.5) is 0 Å². The van der Waals surface area contributed by atoms with Crippen molar-refractivity contribution in [2.45, 2.75) is 105 Å². The molecule has 0 saturated carbocycles. The van der Waals surface area contributed by atoms with E-state index in [9.17, 15) is 0 Å². The number of nitrogens with one attached hydrogen (secondary N) is 2. The third-order valence-electron chi connectivity index (χ3n) is 3.13. The zero-order valence-corrected chi connectivity index (χ0v) is 25.3. The fraction of sp³-hybridized carbons (Fsp3) is 0.667. The molecule has 0 radical (unpaired) electrons. The van der Waals surface area contributed by atoms with Crippen molar-refractivity contribution in [2.75, 3.05) is 0 Å². The van der Waals surface area contributed by atoms with Crippen molar-refractivity contribution >= 4 is 68.8 Å². The van der Waals surface area contributed by atoms with Crippen LogP contribution in [0.3, 0.4) is 0 Å². The molecule has 2 aliphatic heterocycles. The number of hydrogen-bond donors (Lipinski definition) is 2. The Bertz CT molecular complexity index is 665. The van der Waals surface area contributed by atoms with Crippen LogP contribution < -0.4 is 10.6 Å². The van der Waals surface area contributed by atoms with E-state index in [4.69, 9.17) is 0 Å². The second-order valence-electron chi connectivity index (χ2n) is 11.6. The molecule has 0 fully saturated rings. The van der Waals surface area contributed by atoms with Crippen molar-refractivity contribution in [3.8, 4) is 0 Å². The molecular formula is C24H44N6Sr. The number of aliphatic imine (C=N–C) groups is 4. The summed E-state index contributed by atoms with van der Waals surface area (Å²) < 4.78 is 0. The molecule has 172 valence electrons. The first kappa shape index (κ1) is 30.2. The topological polar surface area (TPSA) is 73.5 Å². The van der Waals surface area contributed by atoms with E-state index < -0.39 is 0 Å². The van der Waals surface area contributed by atoms with Crippen LogP contribution in [0.1, 0.15) is 85.9 Å². The fourth-order valence-corrected chi connectivity index (χ4v) is 2.45. The van der Waals surface area contributed by atoms with Gasteiger partial charge in [-0.15, -0.1) is 0 Å². The second kappa shape index (κ2) is 11.4. The van der Waals surface area contributed by atoms with Gasteiger partial charge in [-0.1, -0.05) is 0 Å². The van der Waals surface area contributed by atoms with Gasteiger partial charge in [0.25, 0.3) is 0 Å². The molecule has 2 N–H and O–H groups in total. The zero-order chi connectivity index (χ0) is 23.4. The molecule has 0 aromatic carbocycles. The minimum Gasteiger partial charge on any atom is -1.00 e. The van der Waals surface area contributed by atoms with Gasteiger partial charge in [0.05, 0.1) is 22.2 Å². The fourth-order valence-electron chi connectivity index (χ4n) is 2.45. The number of nitrogens with zero attached hydrogens (tertiary/aromatic N) is 4. The van der Waals surface area contributed by atoms with Crippen molar-refractivity contribution in [2.24, 2.45) is 20.0 Å². The van der Waals surface area contributed by atoms with E-state index in [0.717, 1.165) is 23.3 Å². The van der Waals surface area contributed by atoms with E-state index in [1.807, 2.05) is 24.3 Å². The van der Waals surface area contributed by atoms with Crippen LogP contribution in [0.2, 0.25) is 0 Å². The molecule has 0 unspecified atom stereocenters. The Morgan fingerprint density at radius 3 is 0.742 bits per heavy atom. The van der Waals surface area contributed by atoms with Gasteiger partial charge in [0, 0.05) is 0 Å². The van der Waals surface area contributed by atoms with Crippen molar-refractivity contribution < 1.29 is 2.85 Å². The van der Waals surface area contributed by atoms with E-state index in [1.165, 1.54) is 0 Å². The first-order valence-corrected chi connectivity index (χ1v) is 10.6. The number of rotatable bonds is 0. The molecule has 2 rings (SSSR count). The summed E-state index contributed by atoms with van der Waals surface area (Å²) in [6.07, 6.45) is 7.87. The van der Waals surface area contributed by atoms with Crippen LogP contribution in [0.15, 0.2) is 44.3 Å². The molecule has 0 saturated heterocycles. The van der Waals surface area contributed by atoms with Gasteiger partial charge in [0.1, 0.15) is 23.3 Å². The van der Waals surface area contributed by atoms with Crippen LogP contribution in [0.5, 0.6) is 0 Å². The Morgan fingerprint density at radius 1 is 0.452 bits per heavy atom. The Balaban J connectivity index is -0.000000500. The monoisotopic (exact) mass is 504 g/mol. The molecule has 0 aromatic rings. The average Bonchev–Trinajstić information content (AvgIpc) is 3.02. The molecule has 0 aromatic heterocycles. The molecule has 6 nitrogen and oxygen atoms in total. The Morgan fingerprint density at radius 2 is 0.613 bits per heavy atom. The summed E-state index contributed by atoms with van der Waals surface area (Å²) >= 11 is 0. The normalized spacial score (nSPS) is 21.8. The van der Waals surface area contributed by atoms with Crippen LogP contribution >= 0.6 is 0 Å². The van der Waals surface area contributed by atoms with Crippen molar-refractivity contribution in [3.63, 3.8) is 0 Å². The predicted octanol–water partition coefficient (Wildman–Crippen LogP) is 4.92. The largest absolute Gasteiger partial charge is 2.00 e. The van der Waals surface area contributed by atoms with Crippen LogP contribution in [-0.2, 0) is 0 Å². The summed E-state index contributed by atoms with van der Waals surface area (Å²) in [7, 11) is 0. The second-order valence-corrected chi connectivity index (χ2v) is 11.6. The summed E-state index contributed by atoms with van der Waals surface area (Å²) in [4.78, 5) is 18.1.